The second kappa shape index (κ2) is 23.9. The number of benzene rings is 4. The molecule has 0 aliphatic heterocycles. The summed E-state index contributed by atoms with van der Waals surface area (Å²) >= 11 is 0. The monoisotopic (exact) mass is 1070 g/mol. The maximum Gasteiger partial charge on any atom is 1.00 e. The van der Waals surface area contributed by atoms with Crippen molar-refractivity contribution in [2.45, 2.75) is 9.79 Å². The first-order valence-corrected chi connectivity index (χ1v) is 23.8. The molecule has 7 rings (SSSR count). The number of hydrogen-bond acceptors (Lipinski definition) is 21. The third-order valence-electron chi connectivity index (χ3n) is 9.33. The third kappa shape index (κ3) is 14.3. The quantitative estimate of drug-likeness (QED) is 0.0371. The number of anilines is 6. The maximum atomic E-state index is 13.5. The second-order valence-electron chi connectivity index (χ2n) is 13.8. The van der Waals surface area contributed by atoms with E-state index in [1.807, 2.05) is 0 Å². The van der Waals surface area contributed by atoms with Gasteiger partial charge < -0.3 is 34.2 Å². The van der Waals surface area contributed by atoms with E-state index in [0.29, 0.717) is 29.6 Å². The first-order chi connectivity index (χ1) is 30.9. The maximum absolute atomic E-state index is 13.5. The van der Waals surface area contributed by atoms with Crippen LogP contribution in [0.1, 0.15) is 15.9 Å². The summed E-state index contributed by atoms with van der Waals surface area (Å²) in [4.78, 5) is 35.3. The summed E-state index contributed by atoms with van der Waals surface area (Å²) in [5.74, 6) is -2.03. The molecule has 0 heterocycles. The summed E-state index contributed by atoms with van der Waals surface area (Å²) < 4.78 is 145. The zero-order valence-electron chi connectivity index (χ0n) is 36.7. The molecule has 70 heavy (non-hydrogen) atoms. The van der Waals surface area contributed by atoms with Crippen molar-refractivity contribution in [2.24, 2.45) is 5.10 Å². The molecule has 4 aromatic carbocycles. The zero-order valence-corrected chi connectivity index (χ0v) is 47.9. The van der Waals surface area contributed by atoms with Gasteiger partial charge in [-0.1, -0.05) is 24.3 Å². The van der Waals surface area contributed by atoms with Gasteiger partial charge >= 0.3 is 124 Å². The van der Waals surface area contributed by atoms with Crippen molar-refractivity contribution in [3.8, 4) is 0 Å². The fourth-order valence-electron chi connectivity index (χ4n) is 6.42. The molecule has 23 nitrogen and oxygen atoms in total. The van der Waals surface area contributed by atoms with Crippen LogP contribution < -0.4 is 150 Å². The van der Waals surface area contributed by atoms with E-state index in [-0.39, 0.29) is 163 Å². The van der Waals surface area contributed by atoms with Gasteiger partial charge in [0.25, 0.3) is 0 Å². The van der Waals surface area contributed by atoms with Crippen LogP contribution in [0.4, 0.5) is 38.9 Å². The van der Waals surface area contributed by atoms with E-state index in [1.165, 1.54) is 24.3 Å². The molecule has 3 aliphatic carbocycles. The summed E-state index contributed by atoms with van der Waals surface area (Å²) in [6, 6.07) is 17.2. The molecule has 0 atom stereocenters. The number of hydrazone groups is 1. The summed E-state index contributed by atoms with van der Waals surface area (Å²) in [7, 11) is -21.2. The molecule has 0 fully saturated rings. The molecule has 0 saturated heterocycles. The van der Waals surface area contributed by atoms with E-state index in [9.17, 15) is 66.3 Å². The van der Waals surface area contributed by atoms with Crippen LogP contribution in [0.3, 0.4) is 0 Å². The van der Waals surface area contributed by atoms with Crippen LogP contribution in [0.2, 0.25) is 0 Å². The Morgan fingerprint density at radius 2 is 1.16 bits per heavy atom. The number of hydrazine groups is 1. The normalized spacial score (nSPS) is 14.9. The molecular formula is C39H26N8Na4O15S4. The molecule has 31 heteroatoms. The molecule has 4 aromatic rings. The van der Waals surface area contributed by atoms with Crippen molar-refractivity contribution in [2.75, 3.05) is 26.8 Å². The van der Waals surface area contributed by atoms with Crippen molar-refractivity contribution in [1.82, 2.24) is 5.43 Å². The Balaban J connectivity index is 0.00000324. The van der Waals surface area contributed by atoms with Crippen molar-refractivity contribution in [3.63, 3.8) is 0 Å². The molecule has 0 spiro atoms. The van der Waals surface area contributed by atoms with Gasteiger partial charge in [0.15, 0.2) is 5.78 Å². The third-order valence-corrected chi connectivity index (χ3v) is 12.8. The average Bonchev–Trinajstić information content (AvgIpc) is 3.22. The van der Waals surface area contributed by atoms with E-state index in [2.05, 4.69) is 37.3 Å². The average molecular weight is 1070 g/mol. The van der Waals surface area contributed by atoms with Crippen LogP contribution in [-0.4, -0.2) is 80.9 Å². The SMILES string of the molecule is N=C1C=CC2=CC(S(=O)(=O)[O-])=CC(=O)C2=C1NNc1ccc(NC(=O)Nc2ccc(NN=C3C(=O)c4ccc(Nc5ccccc5)cc4C=C3S(=O)(=O)[O-])c(S(=O)(=O)[O-])c2)cc1S(=O)(=O)[O-].[Na+].[Na+].[Na+].[Na+]. The molecule has 7 N–H and O–H groups in total. The van der Waals surface area contributed by atoms with E-state index in [0.717, 1.165) is 42.5 Å². The number of nitrogens with zero attached hydrogens (tertiary/aromatic N) is 1. The largest absolute Gasteiger partial charge is 1.00 e. The number of carbonyl (C=O) groups excluding carboxylic acids is 3. The zero-order chi connectivity index (χ0) is 47.9. The number of fused-ring (bicyclic) bond motifs is 2. The number of ketones is 2. The van der Waals surface area contributed by atoms with E-state index >= 15 is 0 Å². The van der Waals surface area contributed by atoms with Gasteiger partial charge in [-0.3, -0.25) is 31.3 Å². The van der Waals surface area contributed by atoms with Crippen LogP contribution in [0.15, 0.2) is 151 Å². The molecule has 2 amide bonds. The van der Waals surface area contributed by atoms with Crippen molar-refractivity contribution in [1.29, 1.82) is 5.41 Å². The van der Waals surface area contributed by atoms with Crippen LogP contribution >= 0.6 is 0 Å². The van der Waals surface area contributed by atoms with E-state index in [4.69, 9.17) is 5.41 Å². The van der Waals surface area contributed by atoms with Gasteiger partial charge in [-0.25, -0.2) is 38.5 Å². The summed E-state index contributed by atoms with van der Waals surface area (Å²) in [6.07, 6.45) is 4.66. The summed E-state index contributed by atoms with van der Waals surface area (Å²) in [6.45, 7) is 0. The minimum absolute atomic E-state index is 0. The topological polar surface area (TPSA) is 388 Å². The standard InChI is InChI=1S/C39H30N8O15S4.4Na/c40-28-11-6-20-15-26(63(51,52)53)19-31(48)35(20)36(28)46-44-29-12-8-24(17-32(29)64(54,55)56)42-39(50)43-25-9-13-30(33(18-25)65(57,58)59)45-47-37-34(66(60,61)62)16-21-14-23(7-10-27(21)38(37)49)41-22-4-2-1-3-5-22;;;;/h1-19,40-41,44-46H,(H2,42,43,50)(H,51,52,53)(H,54,55,56)(H,57,58,59)(H,60,61,62);;;;/q;4*+1/p-4. The number of urea groups is 1. The summed E-state index contributed by atoms with van der Waals surface area (Å²) in [5.41, 5.74) is 4.28. The van der Waals surface area contributed by atoms with Gasteiger partial charge in [-0.2, -0.15) is 5.10 Å². The Morgan fingerprint density at radius 1 is 0.586 bits per heavy atom. The molecule has 0 bridgehead atoms. The van der Waals surface area contributed by atoms with Crippen LogP contribution in [-0.2, 0) is 45.3 Å². The molecular weight excluding hydrogens is 1040 g/mol. The van der Waals surface area contributed by atoms with Gasteiger partial charge in [0.05, 0.1) is 48.0 Å². The predicted molar refractivity (Wildman–Crippen MR) is 232 cm³/mol. The van der Waals surface area contributed by atoms with Gasteiger partial charge in [0, 0.05) is 34.4 Å². The van der Waals surface area contributed by atoms with Crippen molar-refractivity contribution >= 4 is 110 Å². The Labute approximate surface area is 487 Å². The van der Waals surface area contributed by atoms with Crippen LogP contribution in [0, 0.1) is 5.41 Å². The van der Waals surface area contributed by atoms with Gasteiger partial charge in [0.1, 0.15) is 46.2 Å². The molecule has 0 unspecified atom stereocenters. The number of nitrogens with one attached hydrogen (secondary N) is 7. The number of para-hydroxylation sites is 1. The first-order valence-electron chi connectivity index (χ1n) is 18.1. The van der Waals surface area contributed by atoms with E-state index in [1.54, 1.807) is 30.3 Å². The van der Waals surface area contributed by atoms with Crippen molar-refractivity contribution in [3.05, 3.63) is 147 Å². The number of allylic oxidation sites excluding steroid dienone is 7. The second-order valence-corrected chi connectivity index (χ2v) is 19.2. The fourth-order valence-corrected chi connectivity index (χ4v) is 8.91. The number of carbonyl (C=O) groups is 3. The Morgan fingerprint density at radius 3 is 1.73 bits per heavy atom. The minimum atomic E-state index is -5.44. The van der Waals surface area contributed by atoms with Crippen LogP contribution in [0.5, 0.6) is 0 Å². The Kier molecular flexibility index (Phi) is 20.7. The number of Topliss-reactive ketones (excluding diaryl/α,β-unsaturated/α-hetero) is 1. The van der Waals surface area contributed by atoms with Gasteiger partial charge in [0.2, 0.25) is 5.78 Å². The number of hydrogen-bond donors (Lipinski definition) is 7. The number of amides is 2. The molecule has 0 radical (unpaired) electrons. The van der Waals surface area contributed by atoms with Crippen molar-refractivity contribution < 1.29 is 184 Å². The predicted octanol–water partition coefficient (Wildman–Crippen LogP) is -8.85. The van der Waals surface area contributed by atoms with Crippen LogP contribution in [0.25, 0.3) is 6.08 Å². The fraction of sp³-hybridized carbons (Fsp3) is 0. The Hall–Kier alpha value is -3.63. The smallest absolute Gasteiger partial charge is 0.744 e. The Bertz CT molecular complexity index is 3510. The van der Waals surface area contributed by atoms with Gasteiger partial charge in [-0.15, -0.1) is 0 Å². The first kappa shape index (κ1) is 60.7. The summed E-state index contributed by atoms with van der Waals surface area (Å²) in [5, 5.41) is 19.4. The van der Waals surface area contributed by atoms with Gasteiger partial charge in [-0.05, 0) is 96.1 Å². The molecule has 0 aromatic heterocycles. The number of rotatable bonds is 13. The minimum Gasteiger partial charge on any atom is -0.744 e. The van der Waals surface area contributed by atoms with E-state index < -0.39 is 94.8 Å². The molecule has 340 valence electrons. The molecule has 0 saturated carbocycles. The molecule has 3 aliphatic rings.